The van der Waals surface area contributed by atoms with Crippen LogP contribution in [0.2, 0.25) is 0 Å². The first-order chi connectivity index (χ1) is 8.27. The molecule has 2 rings (SSSR count). The van der Waals surface area contributed by atoms with Crippen LogP contribution in [0.3, 0.4) is 0 Å². The lowest BCUT2D eigenvalue weighted by atomic mass is 10.2. The molecule has 2 aromatic rings. The molecule has 0 aromatic carbocycles. The number of hydrogen-bond donors (Lipinski definition) is 1. The minimum Gasteiger partial charge on any atom is -0.488 e. The highest BCUT2D eigenvalue weighted by atomic mass is 16.5. The van der Waals surface area contributed by atoms with E-state index in [4.69, 9.17) is 10.5 Å². The third-order valence-electron chi connectivity index (χ3n) is 2.16. The Morgan fingerprint density at radius 1 is 1.24 bits per heavy atom. The zero-order chi connectivity index (χ0) is 12.1. The molecule has 0 aliphatic rings. The van der Waals surface area contributed by atoms with Crippen LogP contribution in [-0.4, -0.2) is 15.9 Å². The Hall–Kier alpha value is -2.43. The standard InChI is InChI=1S/C12H11N3O2/c13-12(16)10-7-15-5-3-11(10)17-8-9-2-1-4-14-6-9/h1-7H,8H2,(H2,13,16). The Balaban J connectivity index is 2.12. The van der Waals surface area contributed by atoms with Gasteiger partial charge in [0, 0.05) is 30.4 Å². The van der Waals surface area contributed by atoms with Gasteiger partial charge < -0.3 is 10.5 Å². The maximum atomic E-state index is 11.1. The highest BCUT2D eigenvalue weighted by Gasteiger charge is 2.08. The summed E-state index contributed by atoms with van der Waals surface area (Å²) in [6.45, 7) is 0.331. The van der Waals surface area contributed by atoms with E-state index in [2.05, 4.69) is 9.97 Å². The van der Waals surface area contributed by atoms with Gasteiger partial charge in [-0.1, -0.05) is 6.07 Å². The van der Waals surface area contributed by atoms with Crippen molar-refractivity contribution in [1.82, 2.24) is 9.97 Å². The lowest BCUT2D eigenvalue weighted by Crippen LogP contribution is -2.13. The van der Waals surface area contributed by atoms with Crippen LogP contribution in [-0.2, 0) is 6.61 Å². The van der Waals surface area contributed by atoms with Gasteiger partial charge in [-0.05, 0) is 12.1 Å². The van der Waals surface area contributed by atoms with E-state index < -0.39 is 5.91 Å². The summed E-state index contributed by atoms with van der Waals surface area (Å²) >= 11 is 0. The van der Waals surface area contributed by atoms with Crippen LogP contribution >= 0.6 is 0 Å². The molecule has 0 spiro atoms. The molecular weight excluding hydrogens is 218 g/mol. The third kappa shape index (κ3) is 2.78. The van der Waals surface area contributed by atoms with Gasteiger partial charge in [-0.3, -0.25) is 14.8 Å². The van der Waals surface area contributed by atoms with Gasteiger partial charge in [0.2, 0.25) is 0 Å². The fourth-order valence-corrected chi connectivity index (χ4v) is 1.34. The largest absolute Gasteiger partial charge is 0.488 e. The van der Waals surface area contributed by atoms with E-state index in [1.54, 1.807) is 24.7 Å². The molecular formula is C12H11N3O2. The molecule has 5 heteroatoms. The van der Waals surface area contributed by atoms with Crippen molar-refractivity contribution in [2.75, 3.05) is 0 Å². The molecule has 17 heavy (non-hydrogen) atoms. The molecule has 1 amide bonds. The maximum Gasteiger partial charge on any atom is 0.254 e. The predicted molar refractivity (Wildman–Crippen MR) is 61.3 cm³/mol. The number of rotatable bonds is 4. The number of aromatic nitrogens is 2. The Kier molecular flexibility index (Phi) is 3.30. The summed E-state index contributed by atoms with van der Waals surface area (Å²) in [4.78, 5) is 18.9. The van der Waals surface area contributed by atoms with Crippen LogP contribution in [0, 0.1) is 0 Å². The first kappa shape index (κ1) is 11.1. The topological polar surface area (TPSA) is 78.1 Å². The zero-order valence-electron chi connectivity index (χ0n) is 9.04. The van der Waals surface area contributed by atoms with Crippen LogP contribution < -0.4 is 10.5 Å². The fraction of sp³-hybridized carbons (Fsp3) is 0.0833. The van der Waals surface area contributed by atoms with Crippen LogP contribution in [0.4, 0.5) is 0 Å². The summed E-state index contributed by atoms with van der Waals surface area (Å²) in [7, 11) is 0. The quantitative estimate of drug-likeness (QED) is 0.853. The van der Waals surface area contributed by atoms with Crippen molar-refractivity contribution in [3.05, 3.63) is 54.1 Å². The molecule has 0 saturated heterocycles. The lowest BCUT2D eigenvalue weighted by Gasteiger charge is -2.08. The summed E-state index contributed by atoms with van der Waals surface area (Å²) in [5, 5.41) is 0. The van der Waals surface area contributed by atoms with Gasteiger partial charge in [0.15, 0.2) is 0 Å². The zero-order valence-corrected chi connectivity index (χ0v) is 9.04. The van der Waals surface area contributed by atoms with Crippen molar-refractivity contribution >= 4 is 5.91 Å². The van der Waals surface area contributed by atoms with Crippen LogP contribution in [0.5, 0.6) is 5.75 Å². The second-order valence-electron chi connectivity index (χ2n) is 3.39. The SMILES string of the molecule is NC(=O)c1cnccc1OCc1cccnc1. The van der Waals surface area contributed by atoms with Gasteiger partial charge in [-0.15, -0.1) is 0 Å². The molecule has 2 N–H and O–H groups in total. The Morgan fingerprint density at radius 2 is 2.06 bits per heavy atom. The third-order valence-corrected chi connectivity index (χ3v) is 2.16. The van der Waals surface area contributed by atoms with Crippen molar-refractivity contribution < 1.29 is 9.53 Å². The van der Waals surface area contributed by atoms with Crippen molar-refractivity contribution in [2.45, 2.75) is 6.61 Å². The number of pyridine rings is 2. The van der Waals surface area contributed by atoms with Crippen molar-refractivity contribution in [1.29, 1.82) is 0 Å². The van der Waals surface area contributed by atoms with E-state index in [9.17, 15) is 4.79 Å². The molecule has 0 aliphatic carbocycles. The van der Waals surface area contributed by atoms with Gasteiger partial charge in [-0.25, -0.2) is 0 Å². The van der Waals surface area contributed by atoms with E-state index >= 15 is 0 Å². The van der Waals surface area contributed by atoms with Gasteiger partial charge in [0.05, 0.1) is 5.56 Å². The molecule has 0 aliphatic heterocycles. The average molecular weight is 229 g/mol. The number of primary amides is 1. The molecule has 0 atom stereocenters. The Bertz CT molecular complexity index is 514. The summed E-state index contributed by atoms with van der Waals surface area (Å²) in [5.41, 5.74) is 6.40. The number of nitrogens with two attached hydrogens (primary N) is 1. The molecule has 2 heterocycles. The molecule has 0 radical (unpaired) electrons. The van der Waals surface area contributed by atoms with Gasteiger partial charge in [0.25, 0.3) is 5.91 Å². The van der Waals surface area contributed by atoms with E-state index in [1.807, 2.05) is 12.1 Å². The smallest absolute Gasteiger partial charge is 0.254 e. The second kappa shape index (κ2) is 5.07. The normalized spacial score (nSPS) is 9.88. The van der Waals surface area contributed by atoms with E-state index in [1.165, 1.54) is 6.20 Å². The highest BCUT2D eigenvalue weighted by Crippen LogP contribution is 2.17. The molecule has 0 saturated carbocycles. The number of hydrogen-bond acceptors (Lipinski definition) is 4. The van der Waals surface area contributed by atoms with Crippen LogP contribution in [0.25, 0.3) is 0 Å². The molecule has 0 unspecified atom stereocenters. The van der Waals surface area contributed by atoms with Crippen LogP contribution in [0.15, 0.2) is 43.0 Å². The number of nitrogens with zero attached hydrogens (tertiary/aromatic N) is 2. The monoisotopic (exact) mass is 229 g/mol. The fourth-order valence-electron chi connectivity index (χ4n) is 1.34. The van der Waals surface area contributed by atoms with Gasteiger partial charge >= 0.3 is 0 Å². The predicted octanol–water partition coefficient (Wildman–Crippen LogP) is 1.15. The first-order valence-electron chi connectivity index (χ1n) is 5.03. The van der Waals surface area contributed by atoms with Crippen molar-refractivity contribution in [3.8, 4) is 5.75 Å². The Morgan fingerprint density at radius 3 is 2.76 bits per heavy atom. The second-order valence-corrected chi connectivity index (χ2v) is 3.39. The van der Waals surface area contributed by atoms with E-state index in [0.29, 0.717) is 12.4 Å². The van der Waals surface area contributed by atoms with Gasteiger partial charge in [0.1, 0.15) is 12.4 Å². The Labute approximate surface area is 98.3 Å². The van der Waals surface area contributed by atoms with E-state index in [-0.39, 0.29) is 5.56 Å². The lowest BCUT2D eigenvalue weighted by molar-refractivity contribution is 0.0995. The molecule has 5 nitrogen and oxygen atoms in total. The summed E-state index contributed by atoms with van der Waals surface area (Å²) in [6, 6.07) is 5.31. The molecule has 86 valence electrons. The minimum atomic E-state index is -0.556. The number of ether oxygens (including phenoxy) is 1. The minimum absolute atomic E-state index is 0.274. The average Bonchev–Trinajstić information content (AvgIpc) is 2.38. The summed E-state index contributed by atoms with van der Waals surface area (Å²) < 4.78 is 5.50. The van der Waals surface area contributed by atoms with E-state index in [0.717, 1.165) is 5.56 Å². The highest BCUT2D eigenvalue weighted by molar-refractivity contribution is 5.95. The maximum absolute atomic E-state index is 11.1. The summed E-state index contributed by atoms with van der Waals surface area (Å²) in [6.07, 6.45) is 6.32. The number of carbonyl (C=O) groups is 1. The van der Waals surface area contributed by atoms with Crippen LogP contribution in [0.1, 0.15) is 15.9 Å². The molecule has 0 fully saturated rings. The van der Waals surface area contributed by atoms with Gasteiger partial charge in [-0.2, -0.15) is 0 Å². The molecule has 0 bridgehead atoms. The number of carbonyl (C=O) groups excluding carboxylic acids is 1. The van der Waals surface area contributed by atoms with Crippen molar-refractivity contribution in [2.24, 2.45) is 5.73 Å². The summed E-state index contributed by atoms with van der Waals surface area (Å²) in [5.74, 6) is -0.129. The molecule has 2 aromatic heterocycles. The van der Waals surface area contributed by atoms with Crippen molar-refractivity contribution in [3.63, 3.8) is 0 Å². The number of amides is 1. The first-order valence-corrected chi connectivity index (χ1v) is 5.03.